The van der Waals surface area contributed by atoms with Crippen LogP contribution in [0.1, 0.15) is 6.42 Å². The van der Waals surface area contributed by atoms with Crippen LogP contribution >= 0.6 is 15.9 Å². The molecule has 96 valence electrons. The van der Waals surface area contributed by atoms with Crippen molar-refractivity contribution in [3.05, 3.63) is 22.9 Å². The van der Waals surface area contributed by atoms with Gasteiger partial charge in [-0.3, -0.25) is 9.78 Å². The molecule has 0 aromatic carbocycles. The number of carbonyl (C=O) groups is 1. The first-order valence-corrected chi connectivity index (χ1v) is 6.93. The predicted molar refractivity (Wildman–Crippen MR) is 67.1 cm³/mol. The number of nitrogens with zero attached hydrogens (tertiary/aromatic N) is 1. The predicted octanol–water partition coefficient (Wildman–Crippen LogP) is 0.599. The highest BCUT2D eigenvalue weighted by Crippen LogP contribution is 2.14. The summed E-state index contributed by atoms with van der Waals surface area (Å²) in [6.45, 7) is 0. The number of terminal acetylenes is 1. The number of rotatable bonds is 5. The van der Waals surface area contributed by atoms with E-state index in [1.54, 1.807) is 0 Å². The Morgan fingerprint density at radius 2 is 2.28 bits per heavy atom. The average molecular weight is 333 g/mol. The largest absolute Gasteiger partial charge is 0.480 e. The van der Waals surface area contributed by atoms with E-state index >= 15 is 0 Å². The second-order valence-electron chi connectivity index (χ2n) is 3.26. The van der Waals surface area contributed by atoms with Gasteiger partial charge in [0.15, 0.2) is 0 Å². The van der Waals surface area contributed by atoms with Crippen molar-refractivity contribution in [2.75, 3.05) is 0 Å². The van der Waals surface area contributed by atoms with Crippen LogP contribution in [0.4, 0.5) is 0 Å². The Bertz CT molecular complexity index is 594. The number of halogens is 1. The van der Waals surface area contributed by atoms with Crippen molar-refractivity contribution in [2.24, 2.45) is 0 Å². The van der Waals surface area contributed by atoms with Crippen LogP contribution in [0.25, 0.3) is 0 Å². The summed E-state index contributed by atoms with van der Waals surface area (Å²) in [4.78, 5) is 14.4. The van der Waals surface area contributed by atoms with Crippen molar-refractivity contribution in [3.8, 4) is 12.3 Å². The molecule has 1 rings (SSSR count). The highest BCUT2D eigenvalue weighted by atomic mass is 79.9. The fourth-order valence-corrected chi connectivity index (χ4v) is 2.78. The molecular weight excluding hydrogens is 324 g/mol. The number of aromatic nitrogens is 1. The zero-order valence-electron chi connectivity index (χ0n) is 9.00. The molecule has 2 N–H and O–H groups in total. The molecule has 1 atom stereocenters. The minimum atomic E-state index is -3.97. The van der Waals surface area contributed by atoms with E-state index in [1.165, 1.54) is 12.3 Å². The Hall–Kier alpha value is -1.43. The number of carboxylic acid groups (broad SMARTS) is 1. The molecule has 0 aliphatic carbocycles. The van der Waals surface area contributed by atoms with Crippen molar-refractivity contribution in [1.82, 2.24) is 9.71 Å². The average Bonchev–Trinajstić information content (AvgIpc) is 2.28. The topological polar surface area (TPSA) is 96.4 Å². The Balaban J connectivity index is 3.01. The van der Waals surface area contributed by atoms with Gasteiger partial charge in [-0.1, -0.05) is 0 Å². The van der Waals surface area contributed by atoms with E-state index in [0.717, 1.165) is 6.20 Å². The summed E-state index contributed by atoms with van der Waals surface area (Å²) in [7, 11) is -3.97. The van der Waals surface area contributed by atoms with Gasteiger partial charge in [-0.05, 0) is 22.0 Å². The number of hydrogen-bond donors (Lipinski definition) is 2. The Morgan fingerprint density at radius 1 is 1.61 bits per heavy atom. The van der Waals surface area contributed by atoms with E-state index in [1.807, 2.05) is 4.72 Å². The molecule has 1 heterocycles. The van der Waals surface area contributed by atoms with E-state index in [9.17, 15) is 13.2 Å². The molecule has 0 saturated carbocycles. The molecule has 1 aromatic heterocycles. The van der Waals surface area contributed by atoms with Gasteiger partial charge in [0, 0.05) is 23.3 Å². The summed E-state index contributed by atoms with van der Waals surface area (Å²) < 4.78 is 26.2. The molecule has 8 heteroatoms. The molecule has 0 aliphatic rings. The van der Waals surface area contributed by atoms with Crippen LogP contribution in [0.2, 0.25) is 0 Å². The Morgan fingerprint density at radius 3 is 2.78 bits per heavy atom. The summed E-state index contributed by atoms with van der Waals surface area (Å²) in [5.74, 6) is 0.768. The van der Waals surface area contributed by atoms with Gasteiger partial charge in [0.1, 0.15) is 10.9 Å². The first kappa shape index (κ1) is 14.6. The van der Waals surface area contributed by atoms with Gasteiger partial charge in [0.2, 0.25) is 10.0 Å². The maximum atomic E-state index is 11.9. The molecule has 1 unspecified atom stereocenters. The van der Waals surface area contributed by atoms with Crippen molar-refractivity contribution in [2.45, 2.75) is 17.4 Å². The zero-order chi connectivity index (χ0) is 13.8. The van der Waals surface area contributed by atoms with Crippen LogP contribution in [0.3, 0.4) is 0 Å². The van der Waals surface area contributed by atoms with E-state index < -0.39 is 22.0 Å². The van der Waals surface area contributed by atoms with Gasteiger partial charge < -0.3 is 5.11 Å². The van der Waals surface area contributed by atoms with Crippen LogP contribution in [-0.2, 0) is 14.8 Å². The van der Waals surface area contributed by atoms with Crippen LogP contribution in [0, 0.1) is 12.3 Å². The standard InChI is InChI=1S/C10H9BrN2O4S/c1-2-3-9(10(14)15)13-18(16,17)8-4-7(11)5-12-6-8/h1,4-6,9,13H,3H2,(H,14,15). The van der Waals surface area contributed by atoms with Gasteiger partial charge >= 0.3 is 5.97 Å². The van der Waals surface area contributed by atoms with Crippen LogP contribution in [-0.4, -0.2) is 30.5 Å². The molecule has 0 radical (unpaired) electrons. The lowest BCUT2D eigenvalue weighted by Gasteiger charge is -2.12. The van der Waals surface area contributed by atoms with Crippen molar-refractivity contribution in [3.63, 3.8) is 0 Å². The van der Waals surface area contributed by atoms with Crippen molar-refractivity contribution < 1.29 is 18.3 Å². The normalized spacial score (nSPS) is 12.7. The minimum absolute atomic E-state index is 0.139. The highest BCUT2D eigenvalue weighted by Gasteiger charge is 2.24. The summed E-state index contributed by atoms with van der Waals surface area (Å²) in [6.07, 6.45) is 7.27. The summed E-state index contributed by atoms with van der Waals surface area (Å²) in [6, 6.07) is -0.0524. The summed E-state index contributed by atoms with van der Waals surface area (Å²) in [5, 5.41) is 8.82. The maximum absolute atomic E-state index is 11.9. The quantitative estimate of drug-likeness (QED) is 0.769. The molecule has 0 bridgehead atoms. The van der Waals surface area contributed by atoms with Gasteiger partial charge in [-0.25, -0.2) is 8.42 Å². The third kappa shape index (κ3) is 3.80. The molecule has 6 nitrogen and oxygen atoms in total. The van der Waals surface area contributed by atoms with Crippen molar-refractivity contribution >= 4 is 31.9 Å². The van der Waals surface area contributed by atoms with Crippen molar-refractivity contribution in [1.29, 1.82) is 0 Å². The van der Waals surface area contributed by atoms with E-state index in [4.69, 9.17) is 11.5 Å². The molecule has 18 heavy (non-hydrogen) atoms. The molecule has 0 fully saturated rings. The molecular formula is C10H9BrN2O4S. The SMILES string of the molecule is C#CCC(NS(=O)(=O)c1cncc(Br)c1)C(=O)O. The third-order valence-corrected chi connectivity index (χ3v) is 3.78. The smallest absolute Gasteiger partial charge is 0.322 e. The summed E-state index contributed by atoms with van der Waals surface area (Å²) in [5.41, 5.74) is 0. The molecule has 1 aromatic rings. The molecule has 0 saturated heterocycles. The number of carboxylic acids is 1. The van der Waals surface area contributed by atoms with E-state index in [0.29, 0.717) is 4.47 Å². The first-order valence-electron chi connectivity index (χ1n) is 4.66. The van der Waals surface area contributed by atoms with Gasteiger partial charge in [-0.2, -0.15) is 4.72 Å². The molecule has 0 spiro atoms. The van der Waals surface area contributed by atoms with Gasteiger partial charge in [-0.15, -0.1) is 12.3 Å². The second kappa shape index (κ2) is 5.95. The third-order valence-electron chi connectivity index (χ3n) is 1.91. The lowest BCUT2D eigenvalue weighted by atomic mass is 10.2. The van der Waals surface area contributed by atoms with Gasteiger partial charge in [0.05, 0.1) is 0 Å². The zero-order valence-corrected chi connectivity index (χ0v) is 11.4. The van der Waals surface area contributed by atoms with Gasteiger partial charge in [0.25, 0.3) is 0 Å². The number of hydrogen-bond acceptors (Lipinski definition) is 4. The van der Waals surface area contributed by atoms with Crippen LogP contribution in [0.5, 0.6) is 0 Å². The minimum Gasteiger partial charge on any atom is -0.480 e. The maximum Gasteiger partial charge on any atom is 0.322 e. The molecule has 0 amide bonds. The summed E-state index contributed by atoms with van der Waals surface area (Å²) >= 11 is 3.08. The monoisotopic (exact) mass is 332 g/mol. The Labute approximate surface area is 113 Å². The number of aliphatic carboxylic acids is 1. The number of pyridine rings is 1. The molecule has 0 aliphatic heterocycles. The first-order chi connectivity index (χ1) is 8.36. The second-order valence-corrected chi connectivity index (χ2v) is 5.89. The number of sulfonamides is 1. The fourth-order valence-electron chi connectivity index (χ4n) is 1.09. The lowest BCUT2D eigenvalue weighted by Crippen LogP contribution is -2.40. The highest BCUT2D eigenvalue weighted by molar-refractivity contribution is 9.10. The Kier molecular flexibility index (Phi) is 4.84. The fraction of sp³-hybridized carbons (Fsp3) is 0.200. The lowest BCUT2D eigenvalue weighted by molar-refractivity contribution is -0.138. The van der Waals surface area contributed by atoms with Crippen LogP contribution in [0.15, 0.2) is 27.8 Å². The van der Waals surface area contributed by atoms with Crippen LogP contribution < -0.4 is 4.72 Å². The van der Waals surface area contributed by atoms with E-state index in [2.05, 4.69) is 26.8 Å². The van der Waals surface area contributed by atoms with E-state index in [-0.39, 0.29) is 11.3 Å². The number of nitrogens with one attached hydrogen (secondary N) is 1.